The third-order valence-electron chi connectivity index (χ3n) is 2.90. The first-order chi connectivity index (χ1) is 7.72. The molecule has 2 unspecified atom stereocenters. The van der Waals surface area contributed by atoms with E-state index >= 15 is 0 Å². The molecule has 1 saturated heterocycles. The van der Waals surface area contributed by atoms with Gasteiger partial charge in [-0.15, -0.1) is 11.3 Å². The van der Waals surface area contributed by atoms with Crippen molar-refractivity contribution in [3.8, 4) is 0 Å². The molecule has 0 saturated carbocycles. The third kappa shape index (κ3) is 2.34. The van der Waals surface area contributed by atoms with Crippen LogP contribution < -0.4 is 5.32 Å². The number of carbonyl (C=O) groups is 1. The zero-order chi connectivity index (χ0) is 11.5. The second kappa shape index (κ2) is 5.08. The van der Waals surface area contributed by atoms with Crippen molar-refractivity contribution in [2.45, 2.75) is 19.9 Å². The number of rotatable bonds is 4. The molecule has 1 aliphatic rings. The average molecular weight is 239 g/mol. The normalized spacial score (nSPS) is 24.9. The van der Waals surface area contributed by atoms with Gasteiger partial charge in [0.25, 0.3) is 0 Å². The Morgan fingerprint density at radius 2 is 2.44 bits per heavy atom. The van der Waals surface area contributed by atoms with E-state index in [9.17, 15) is 4.79 Å². The largest absolute Gasteiger partial charge is 0.379 e. The number of nitrogens with one attached hydrogen (secondary N) is 1. The summed E-state index contributed by atoms with van der Waals surface area (Å²) in [6, 6.07) is 2.15. The van der Waals surface area contributed by atoms with Gasteiger partial charge >= 0.3 is 0 Å². The van der Waals surface area contributed by atoms with Gasteiger partial charge in [-0.3, -0.25) is 4.79 Å². The first-order valence-electron chi connectivity index (χ1n) is 5.63. The van der Waals surface area contributed by atoms with Gasteiger partial charge in [0, 0.05) is 21.9 Å². The number of thiophene rings is 1. The van der Waals surface area contributed by atoms with Crippen molar-refractivity contribution in [2.24, 2.45) is 5.92 Å². The molecule has 1 aliphatic heterocycles. The zero-order valence-electron chi connectivity index (χ0n) is 9.66. The van der Waals surface area contributed by atoms with Crippen LogP contribution in [0.4, 0.5) is 0 Å². The predicted octanol–water partition coefficient (Wildman–Crippen LogP) is 1.86. The highest BCUT2D eigenvalue weighted by atomic mass is 32.1. The monoisotopic (exact) mass is 239 g/mol. The molecule has 1 aromatic rings. The molecule has 16 heavy (non-hydrogen) atoms. The maximum atomic E-state index is 12.2. The number of ketones is 1. The summed E-state index contributed by atoms with van der Waals surface area (Å²) in [5.41, 5.74) is 0.834. The second-order valence-corrected chi connectivity index (χ2v) is 5.23. The van der Waals surface area contributed by atoms with Crippen LogP contribution in [0.25, 0.3) is 0 Å². The number of likely N-dealkylation sites (N-methyl/N-ethyl adjacent to an activating group) is 1. The number of hydrogen-bond acceptors (Lipinski definition) is 4. The molecule has 0 amide bonds. The van der Waals surface area contributed by atoms with E-state index in [0.29, 0.717) is 13.2 Å². The molecule has 1 aromatic heterocycles. The molecular weight excluding hydrogens is 222 g/mol. The number of carbonyl (C=O) groups excluding carboxylic acids is 1. The van der Waals surface area contributed by atoms with Crippen molar-refractivity contribution in [1.29, 1.82) is 0 Å². The van der Waals surface area contributed by atoms with Gasteiger partial charge in [0.15, 0.2) is 5.78 Å². The predicted molar refractivity (Wildman–Crippen MR) is 65.2 cm³/mol. The molecule has 1 N–H and O–H groups in total. The maximum Gasteiger partial charge on any atom is 0.170 e. The van der Waals surface area contributed by atoms with Gasteiger partial charge in [-0.2, -0.15) is 0 Å². The van der Waals surface area contributed by atoms with Gasteiger partial charge in [-0.25, -0.2) is 0 Å². The van der Waals surface area contributed by atoms with Gasteiger partial charge in [-0.05, 0) is 19.5 Å². The Bertz CT molecular complexity index is 375. The molecule has 2 heterocycles. The van der Waals surface area contributed by atoms with Crippen molar-refractivity contribution >= 4 is 17.1 Å². The van der Waals surface area contributed by atoms with Crippen molar-refractivity contribution in [2.75, 3.05) is 19.8 Å². The fraction of sp³-hybridized carbons (Fsp3) is 0.583. The van der Waals surface area contributed by atoms with Crippen LogP contribution >= 0.6 is 11.3 Å². The molecular formula is C12H17NO2S. The molecule has 0 aromatic carbocycles. The number of hydrogen-bond donors (Lipinski definition) is 1. The second-order valence-electron chi connectivity index (χ2n) is 4.12. The average Bonchev–Trinajstić information content (AvgIpc) is 2.87. The first kappa shape index (κ1) is 11.8. The van der Waals surface area contributed by atoms with E-state index in [-0.39, 0.29) is 17.7 Å². The van der Waals surface area contributed by atoms with Crippen LogP contribution in [0, 0.1) is 12.8 Å². The zero-order valence-corrected chi connectivity index (χ0v) is 10.5. The van der Waals surface area contributed by atoms with Crippen LogP contribution in [-0.2, 0) is 4.74 Å². The summed E-state index contributed by atoms with van der Waals surface area (Å²) in [5, 5.41) is 5.25. The van der Waals surface area contributed by atoms with E-state index in [2.05, 4.69) is 12.2 Å². The van der Waals surface area contributed by atoms with Crippen LogP contribution in [-0.4, -0.2) is 31.6 Å². The fourth-order valence-corrected chi connectivity index (χ4v) is 2.75. The van der Waals surface area contributed by atoms with Crippen molar-refractivity contribution in [3.63, 3.8) is 0 Å². The van der Waals surface area contributed by atoms with Crippen molar-refractivity contribution in [1.82, 2.24) is 5.32 Å². The molecule has 2 atom stereocenters. The number of aryl methyl sites for hydroxylation is 1. The van der Waals surface area contributed by atoms with Gasteiger partial charge in [-0.1, -0.05) is 6.92 Å². The summed E-state index contributed by atoms with van der Waals surface area (Å²) < 4.78 is 5.39. The lowest BCUT2D eigenvalue weighted by molar-refractivity contribution is 0.0892. The summed E-state index contributed by atoms with van der Waals surface area (Å²) in [6.45, 7) is 6.14. The Hall–Kier alpha value is -0.710. The highest BCUT2D eigenvalue weighted by Crippen LogP contribution is 2.22. The minimum absolute atomic E-state index is 0.0195. The van der Waals surface area contributed by atoms with E-state index in [1.165, 1.54) is 4.88 Å². The molecule has 88 valence electrons. The lowest BCUT2D eigenvalue weighted by Gasteiger charge is -2.16. The number of ether oxygens (including phenoxy) is 1. The van der Waals surface area contributed by atoms with Crippen LogP contribution in [0.1, 0.15) is 22.2 Å². The SMILES string of the molecule is CCNC1COCC1C(=O)c1csc(C)c1. The van der Waals surface area contributed by atoms with E-state index < -0.39 is 0 Å². The molecule has 1 fully saturated rings. The van der Waals surface area contributed by atoms with Crippen LogP contribution in [0.2, 0.25) is 0 Å². The number of Topliss-reactive ketones (excluding diaryl/α,β-unsaturated/α-hetero) is 1. The Labute approximate surface area is 99.8 Å². The molecule has 2 rings (SSSR count). The molecule has 0 bridgehead atoms. The summed E-state index contributed by atoms with van der Waals surface area (Å²) in [4.78, 5) is 13.4. The lowest BCUT2D eigenvalue weighted by atomic mass is 9.94. The van der Waals surface area contributed by atoms with Crippen molar-refractivity contribution < 1.29 is 9.53 Å². The van der Waals surface area contributed by atoms with E-state index in [1.807, 2.05) is 18.4 Å². The van der Waals surface area contributed by atoms with Gasteiger partial charge < -0.3 is 10.1 Å². The van der Waals surface area contributed by atoms with Gasteiger partial charge in [0.2, 0.25) is 0 Å². The summed E-state index contributed by atoms with van der Waals surface area (Å²) in [6.07, 6.45) is 0. The molecule has 3 nitrogen and oxygen atoms in total. The standard InChI is InChI=1S/C12H17NO2S/c1-3-13-11-6-15-5-10(11)12(14)9-4-8(2)16-7-9/h4,7,10-11,13H,3,5-6H2,1-2H3. The van der Waals surface area contributed by atoms with Crippen molar-refractivity contribution in [3.05, 3.63) is 21.9 Å². The smallest absolute Gasteiger partial charge is 0.170 e. The van der Waals surface area contributed by atoms with Gasteiger partial charge in [0.05, 0.1) is 19.1 Å². The Morgan fingerprint density at radius 3 is 3.06 bits per heavy atom. The minimum atomic E-state index is -0.0195. The maximum absolute atomic E-state index is 12.2. The topological polar surface area (TPSA) is 38.3 Å². The van der Waals surface area contributed by atoms with E-state index in [0.717, 1.165) is 12.1 Å². The Kier molecular flexibility index (Phi) is 3.74. The van der Waals surface area contributed by atoms with E-state index in [1.54, 1.807) is 11.3 Å². The molecule has 0 radical (unpaired) electrons. The molecule has 0 spiro atoms. The molecule has 0 aliphatic carbocycles. The van der Waals surface area contributed by atoms with Gasteiger partial charge in [0.1, 0.15) is 0 Å². The third-order valence-corrected chi connectivity index (χ3v) is 3.76. The fourth-order valence-electron chi connectivity index (χ4n) is 2.06. The summed E-state index contributed by atoms with van der Waals surface area (Å²) >= 11 is 1.62. The molecule has 4 heteroatoms. The summed E-state index contributed by atoms with van der Waals surface area (Å²) in [5.74, 6) is 0.196. The highest BCUT2D eigenvalue weighted by molar-refractivity contribution is 7.10. The first-order valence-corrected chi connectivity index (χ1v) is 6.50. The summed E-state index contributed by atoms with van der Waals surface area (Å²) in [7, 11) is 0. The van der Waals surface area contributed by atoms with E-state index in [4.69, 9.17) is 4.74 Å². The Morgan fingerprint density at radius 1 is 1.62 bits per heavy atom. The lowest BCUT2D eigenvalue weighted by Crippen LogP contribution is -2.39. The highest BCUT2D eigenvalue weighted by Gasteiger charge is 2.34. The van der Waals surface area contributed by atoms with Crippen LogP contribution in [0.15, 0.2) is 11.4 Å². The Balaban J connectivity index is 2.09. The van der Waals surface area contributed by atoms with Crippen LogP contribution in [0.3, 0.4) is 0 Å². The van der Waals surface area contributed by atoms with Crippen LogP contribution in [0.5, 0.6) is 0 Å². The quantitative estimate of drug-likeness (QED) is 0.815. The minimum Gasteiger partial charge on any atom is -0.379 e.